The highest BCUT2D eigenvalue weighted by Crippen LogP contribution is 2.24. The van der Waals surface area contributed by atoms with E-state index in [4.69, 9.17) is 10.8 Å². The number of carboxylic acid groups (broad SMARTS) is 1. The van der Waals surface area contributed by atoms with Gasteiger partial charge in [-0.3, -0.25) is 4.68 Å². The number of aryl methyl sites for hydroxylation is 2. The molecule has 0 aliphatic rings. The second-order valence-corrected chi connectivity index (χ2v) is 5.18. The van der Waals surface area contributed by atoms with Gasteiger partial charge in [0.2, 0.25) is 0 Å². The van der Waals surface area contributed by atoms with Crippen molar-refractivity contribution in [3.8, 4) is 0 Å². The molecular formula is C12H14N4O2S. The molecule has 0 amide bonds. The largest absolute Gasteiger partial charge is 0.476 e. The van der Waals surface area contributed by atoms with E-state index >= 15 is 0 Å². The van der Waals surface area contributed by atoms with E-state index in [0.29, 0.717) is 6.54 Å². The molecule has 3 N–H and O–H groups in total. The molecule has 19 heavy (non-hydrogen) atoms. The number of nitrogens with two attached hydrogens (primary N) is 1. The zero-order chi connectivity index (χ0) is 13.8. The molecule has 0 bridgehead atoms. The number of benzene rings is 1. The summed E-state index contributed by atoms with van der Waals surface area (Å²) in [5, 5.41) is 16.0. The summed E-state index contributed by atoms with van der Waals surface area (Å²) in [4.78, 5) is 11.8. The summed E-state index contributed by atoms with van der Waals surface area (Å²) in [6.45, 7) is 2.62. The standard InChI is InChI=1S/C12H14N4O2S/c1-8-2-3-9(13)6-11(8)19-5-4-16-7-10(12(17)18)14-15-16/h2-3,6-7H,4-5,13H2,1H3,(H,17,18). The van der Waals surface area contributed by atoms with Crippen molar-refractivity contribution in [2.75, 3.05) is 11.5 Å². The van der Waals surface area contributed by atoms with E-state index in [2.05, 4.69) is 10.3 Å². The normalized spacial score (nSPS) is 10.6. The summed E-state index contributed by atoms with van der Waals surface area (Å²) in [7, 11) is 0. The first-order valence-corrected chi connectivity index (χ1v) is 6.67. The summed E-state index contributed by atoms with van der Waals surface area (Å²) in [6, 6.07) is 5.79. The van der Waals surface area contributed by atoms with Gasteiger partial charge in [0.05, 0.1) is 12.7 Å². The van der Waals surface area contributed by atoms with Gasteiger partial charge >= 0.3 is 5.97 Å². The zero-order valence-electron chi connectivity index (χ0n) is 10.4. The number of thioether (sulfide) groups is 1. The minimum absolute atomic E-state index is 0.0369. The van der Waals surface area contributed by atoms with Crippen LogP contribution in [-0.4, -0.2) is 31.8 Å². The maximum atomic E-state index is 10.7. The molecule has 2 rings (SSSR count). The molecule has 1 aromatic heterocycles. The number of carboxylic acids is 1. The lowest BCUT2D eigenvalue weighted by Gasteiger charge is -2.06. The lowest BCUT2D eigenvalue weighted by Crippen LogP contribution is -2.01. The van der Waals surface area contributed by atoms with E-state index in [-0.39, 0.29) is 5.69 Å². The monoisotopic (exact) mass is 278 g/mol. The number of rotatable bonds is 5. The van der Waals surface area contributed by atoms with Crippen molar-refractivity contribution in [2.45, 2.75) is 18.4 Å². The van der Waals surface area contributed by atoms with Gasteiger partial charge in [0.25, 0.3) is 0 Å². The third-order valence-corrected chi connectivity index (χ3v) is 3.69. The molecule has 100 valence electrons. The summed E-state index contributed by atoms with van der Waals surface area (Å²) in [5.41, 5.74) is 7.61. The molecule has 0 radical (unpaired) electrons. The van der Waals surface area contributed by atoms with Gasteiger partial charge in [0.1, 0.15) is 0 Å². The second-order valence-electron chi connectivity index (χ2n) is 4.05. The first kappa shape index (κ1) is 13.4. The van der Waals surface area contributed by atoms with Gasteiger partial charge < -0.3 is 10.8 Å². The van der Waals surface area contributed by atoms with Crippen LogP contribution in [0.2, 0.25) is 0 Å². The second kappa shape index (κ2) is 5.75. The fourth-order valence-corrected chi connectivity index (χ4v) is 2.54. The number of anilines is 1. The fourth-order valence-electron chi connectivity index (χ4n) is 1.53. The number of aromatic carboxylic acids is 1. The van der Waals surface area contributed by atoms with Crippen LogP contribution in [-0.2, 0) is 6.54 Å². The van der Waals surface area contributed by atoms with Gasteiger partial charge in [-0.15, -0.1) is 16.9 Å². The van der Waals surface area contributed by atoms with E-state index in [1.165, 1.54) is 16.4 Å². The third-order valence-electron chi connectivity index (χ3n) is 2.55. The number of hydrogen-bond acceptors (Lipinski definition) is 5. The predicted molar refractivity (Wildman–Crippen MR) is 73.3 cm³/mol. The molecule has 1 aromatic carbocycles. The van der Waals surface area contributed by atoms with Crippen molar-refractivity contribution in [3.63, 3.8) is 0 Å². The van der Waals surface area contributed by atoms with Crippen molar-refractivity contribution in [3.05, 3.63) is 35.7 Å². The van der Waals surface area contributed by atoms with Crippen LogP contribution in [0.15, 0.2) is 29.3 Å². The van der Waals surface area contributed by atoms with Crippen LogP contribution in [0.3, 0.4) is 0 Å². The molecule has 0 aliphatic heterocycles. The minimum Gasteiger partial charge on any atom is -0.476 e. The molecular weight excluding hydrogens is 264 g/mol. The quantitative estimate of drug-likeness (QED) is 0.638. The Morgan fingerprint density at radius 3 is 3.00 bits per heavy atom. The van der Waals surface area contributed by atoms with Crippen LogP contribution in [0.5, 0.6) is 0 Å². The fraction of sp³-hybridized carbons (Fsp3) is 0.250. The molecule has 0 unspecified atom stereocenters. The lowest BCUT2D eigenvalue weighted by atomic mass is 10.2. The maximum absolute atomic E-state index is 10.7. The predicted octanol–water partition coefficient (Wildman–Crippen LogP) is 1.66. The van der Waals surface area contributed by atoms with Gasteiger partial charge in [-0.2, -0.15) is 0 Å². The highest BCUT2D eigenvalue weighted by molar-refractivity contribution is 7.99. The number of hydrogen-bond donors (Lipinski definition) is 2. The van der Waals surface area contributed by atoms with E-state index in [1.807, 2.05) is 25.1 Å². The van der Waals surface area contributed by atoms with Gasteiger partial charge in [-0.25, -0.2) is 4.79 Å². The van der Waals surface area contributed by atoms with E-state index in [0.717, 1.165) is 16.3 Å². The summed E-state index contributed by atoms with van der Waals surface area (Å²) >= 11 is 1.66. The van der Waals surface area contributed by atoms with E-state index in [9.17, 15) is 4.79 Å². The Labute approximate surface area is 114 Å². The van der Waals surface area contributed by atoms with Crippen molar-refractivity contribution in [1.82, 2.24) is 15.0 Å². The molecule has 0 saturated carbocycles. The highest BCUT2D eigenvalue weighted by atomic mass is 32.2. The summed E-state index contributed by atoms with van der Waals surface area (Å²) in [5.74, 6) is -0.294. The smallest absolute Gasteiger partial charge is 0.358 e. The van der Waals surface area contributed by atoms with Crippen LogP contribution >= 0.6 is 11.8 Å². The van der Waals surface area contributed by atoms with Crippen LogP contribution in [0.25, 0.3) is 0 Å². The van der Waals surface area contributed by atoms with Crippen LogP contribution in [0.4, 0.5) is 5.69 Å². The van der Waals surface area contributed by atoms with Crippen LogP contribution < -0.4 is 5.73 Å². The van der Waals surface area contributed by atoms with Gasteiger partial charge in [-0.05, 0) is 24.6 Å². The van der Waals surface area contributed by atoms with Gasteiger partial charge in [0, 0.05) is 16.3 Å². The lowest BCUT2D eigenvalue weighted by molar-refractivity contribution is 0.0690. The number of nitrogens with zero attached hydrogens (tertiary/aromatic N) is 3. The molecule has 0 fully saturated rings. The van der Waals surface area contributed by atoms with Crippen molar-refractivity contribution >= 4 is 23.4 Å². The Hall–Kier alpha value is -2.02. The molecule has 6 nitrogen and oxygen atoms in total. The minimum atomic E-state index is -1.06. The molecule has 0 saturated heterocycles. The Morgan fingerprint density at radius 1 is 1.53 bits per heavy atom. The van der Waals surface area contributed by atoms with Crippen molar-refractivity contribution in [1.29, 1.82) is 0 Å². The maximum Gasteiger partial charge on any atom is 0.358 e. The topological polar surface area (TPSA) is 94.0 Å². The molecule has 2 aromatic rings. The van der Waals surface area contributed by atoms with Crippen LogP contribution in [0, 0.1) is 6.92 Å². The number of aromatic nitrogens is 3. The average molecular weight is 278 g/mol. The summed E-state index contributed by atoms with van der Waals surface area (Å²) in [6.07, 6.45) is 1.43. The van der Waals surface area contributed by atoms with Crippen molar-refractivity contribution < 1.29 is 9.90 Å². The van der Waals surface area contributed by atoms with Gasteiger partial charge in [0.15, 0.2) is 5.69 Å². The Bertz CT molecular complexity index is 597. The Kier molecular flexibility index (Phi) is 4.06. The first-order chi connectivity index (χ1) is 9.06. The Morgan fingerprint density at radius 2 is 2.32 bits per heavy atom. The molecule has 0 aliphatic carbocycles. The van der Waals surface area contributed by atoms with E-state index in [1.54, 1.807) is 11.8 Å². The summed E-state index contributed by atoms with van der Waals surface area (Å²) < 4.78 is 1.53. The molecule has 0 atom stereocenters. The van der Waals surface area contributed by atoms with E-state index < -0.39 is 5.97 Å². The van der Waals surface area contributed by atoms with Gasteiger partial charge in [-0.1, -0.05) is 11.3 Å². The SMILES string of the molecule is Cc1ccc(N)cc1SCCn1cc(C(=O)O)nn1. The number of nitrogen functional groups attached to an aromatic ring is 1. The third kappa shape index (κ3) is 3.47. The molecule has 7 heteroatoms. The molecule has 1 heterocycles. The number of carbonyl (C=O) groups is 1. The zero-order valence-corrected chi connectivity index (χ0v) is 11.2. The molecule has 0 spiro atoms. The first-order valence-electron chi connectivity index (χ1n) is 5.68. The average Bonchev–Trinajstić information content (AvgIpc) is 2.82. The van der Waals surface area contributed by atoms with Crippen molar-refractivity contribution in [2.24, 2.45) is 0 Å². The Balaban J connectivity index is 1.92. The van der Waals surface area contributed by atoms with Crippen LogP contribution in [0.1, 0.15) is 16.1 Å². The highest BCUT2D eigenvalue weighted by Gasteiger charge is 2.08.